The van der Waals surface area contributed by atoms with Crippen LogP contribution in [0.3, 0.4) is 0 Å². The van der Waals surface area contributed by atoms with Crippen molar-refractivity contribution in [3.8, 4) is 11.6 Å². The van der Waals surface area contributed by atoms with Gasteiger partial charge in [0.05, 0.1) is 4.47 Å². The number of pyridine rings is 1. The molecule has 1 heterocycles. The molecule has 2 aromatic rings. The first kappa shape index (κ1) is 12.1. The number of halogens is 3. The average molecular weight is 408 g/mol. The Balaban J connectivity index is 2.23. The first-order valence-corrected chi connectivity index (χ1v) is 6.77. The Morgan fingerprint density at radius 2 is 1.62 bits per heavy atom. The predicted molar refractivity (Wildman–Crippen MR) is 73.9 cm³/mol. The highest BCUT2D eigenvalue weighted by Gasteiger charge is 2.04. The molecule has 0 unspecified atom stereocenters. The van der Waals surface area contributed by atoms with Crippen molar-refractivity contribution in [1.29, 1.82) is 0 Å². The molecule has 0 amide bonds. The third kappa shape index (κ3) is 3.06. The van der Waals surface area contributed by atoms with Gasteiger partial charge in [0.15, 0.2) is 0 Å². The van der Waals surface area contributed by atoms with Crippen molar-refractivity contribution in [2.75, 3.05) is 0 Å². The lowest BCUT2D eigenvalue weighted by Crippen LogP contribution is -1.88. The third-order valence-electron chi connectivity index (χ3n) is 1.80. The van der Waals surface area contributed by atoms with Crippen molar-refractivity contribution in [3.63, 3.8) is 0 Å². The number of nitrogens with zero attached hydrogens (tertiary/aromatic N) is 1. The molecular weight excluding hydrogens is 402 g/mol. The highest BCUT2D eigenvalue weighted by molar-refractivity contribution is 9.11. The Hall–Kier alpha value is -0.390. The molecule has 16 heavy (non-hydrogen) atoms. The highest BCUT2D eigenvalue weighted by atomic mass is 79.9. The summed E-state index contributed by atoms with van der Waals surface area (Å²) in [7, 11) is 0. The van der Waals surface area contributed by atoms with Crippen molar-refractivity contribution < 1.29 is 4.74 Å². The molecule has 0 spiro atoms. The van der Waals surface area contributed by atoms with E-state index in [0.717, 1.165) is 19.2 Å². The first-order chi connectivity index (χ1) is 7.65. The molecule has 0 saturated carbocycles. The van der Waals surface area contributed by atoms with Gasteiger partial charge >= 0.3 is 0 Å². The van der Waals surface area contributed by atoms with Crippen LogP contribution in [0.25, 0.3) is 0 Å². The lowest BCUT2D eigenvalue weighted by molar-refractivity contribution is 0.459. The monoisotopic (exact) mass is 405 g/mol. The van der Waals surface area contributed by atoms with Crippen LogP contribution in [0.5, 0.6) is 11.6 Å². The summed E-state index contributed by atoms with van der Waals surface area (Å²) in [5, 5.41) is 0. The van der Waals surface area contributed by atoms with Crippen LogP contribution in [0.4, 0.5) is 0 Å². The summed E-state index contributed by atoms with van der Waals surface area (Å²) in [5.41, 5.74) is 0. The van der Waals surface area contributed by atoms with Crippen LogP contribution in [0, 0.1) is 0 Å². The maximum absolute atomic E-state index is 5.62. The number of rotatable bonds is 2. The fourth-order valence-electron chi connectivity index (χ4n) is 1.09. The Labute approximate surface area is 118 Å². The summed E-state index contributed by atoms with van der Waals surface area (Å²) in [6.07, 6.45) is 1.69. The van der Waals surface area contributed by atoms with Gasteiger partial charge in [0.2, 0.25) is 5.88 Å². The van der Waals surface area contributed by atoms with Gasteiger partial charge in [-0.2, -0.15) is 0 Å². The maximum Gasteiger partial charge on any atom is 0.233 e. The Morgan fingerprint density at radius 1 is 0.938 bits per heavy atom. The van der Waals surface area contributed by atoms with Crippen molar-refractivity contribution in [1.82, 2.24) is 4.98 Å². The van der Waals surface area contributed by atoms with Crippen molar-refractivity contribution in [3.05, 3.63) is 49.9 Å². The number of hydrogen-bond donors (Lipinski definition) is 0. The molecule has 0 aliphatic carbocycles. The summed E-state index contributed by atoms with van der Waals surface area (Å²) >= 11 is 10.1. The van der Waals surface area contributed by atoms with Gasteiger partial charge in [0, 0.05) is 15.1 Å². The molecule has 5 heteroatoms. The summed E-state index contributed by atoms with van der Waals surface area (Å²) in [5.74, 6) is 1.30. The fourth-order valence-corrected chi connectivity index (χ4v) is 2.42. The SMILES string of the molecule is Brc1ccc(Oc2ncc(Br)cc2Br)cc1. The quantitative estimate of drug-likeness (QED) is 0.685. The van der Waals surface area contributed by atoms with Gasteiger partial charge in [-0.25, -0.2) is 4.98 Å². The summed E-state index contributed by atoms with van der Waals surface area (Å²) in [6, 6.07) is 9.48. The van der Waals surface area contributed by atoms with Crippen LogP contribution >= 0.6 is 47.8 Å². The molecule has 0 N–H and O–H groups in total. The molecule has 0 radical (unpaired) electrons. The smallest absolute Gasteiger partial charge is 0.233 e. The van der Waals surface area contributed by atoms with Crippen LogP contribution in [-0.2, 0) is 0 Å². The topological polar surface area (TPSA) is 22.1 Å². The zero-order valence-corrected chi connectivity index (χ0v) is 12.7. The van der Waals surface area contributed by atoms with E-state index < -0.39 is 0 Å². The minimum absolute atomic E-state index is 0.547. The van der Waals surface area contributed by atoms with E-state index in [0.29, 0.717) is 5.88 Å². The van der Waals surface area contributed by atoms with Gasteiger partial charge in [-0.15, -0.1) is 0 Å². The molecule has 0 aliphatic heterocycles. The second-order valence-electron chi connectivity index (χ2n) is 3.00. The number of hydrogen-bond acceptors (Lipinski definition) is 2. The minimum Gasteiger partial charge on any atom is -0.438 e. The zero-order valence-electron chi connectivity index (χ0n) is 7.95. The van der Waals surface area contributed by atoms with Crippen molar-refractivity contribution in [2.24, 2.45) is 0 Å². The van der Waals surface area contributed by atoms with Gasteiger partial charge in [-0.1, -0.05) is 15.9 Å². The van der Waals surface area contributed by atoms with Gasteiger partial charge in [-0.3, -0.25) is 0 Å². The highest BCUT2D eigenvalue weighted by Crippen LogP contribution is 2.29. The van der Waals surface area contributed by atoms with Gasteiger partial charge in [0.1, 0.15) is 5.75 Å². The van der Waals surface area contributed by atoms with Crippen molar-refractivity contribution >= 4 is 47.8 Å². The Bertz CT molecular complexity index is 499. The fraction of sp³-hybridized carbons (Fsp3) is 0. The van der Waals surface area contributed by atoms with E-state index in [9.17, 15) is 0 Å². The van der Waals surface area contributed by atoms with Crippen molar-refractivity contribution in [2.45, 2.75) is 0 Å². The molecule has 2 nitrogen and oxygen atoms in total. The first-order valence-electron chi connectivity index (χ1n) is 4.39. The molecule has 0 bridgehead atoms. The summed E-state index contributed by atoms with van der Waals surface area (Å²) in [4.78, 5) is 4.17. The van der Waals surface area contributed by atoms with E-state index in [1.165, 1.54) is 0 Å². The molecule has 1 aromatic heterocycles. The number of aromatic nitrogens is 1. The minimum atomic E-state index is 0.547. The predicted octanol–water partition coefficient (Wildman–Crippen LogP) is 5.16. The molecule has 0 atom stereocenters. The molecular formula is C11H6Br3NO. The zero-order chi connectivity index (χ0) is 11.5. The van der Waals surface area contributed by atoms with E-state index in [4.69, 9.17) is 4.74 Å². The second-order valence-corrected chi connectivity index (χ2v) is 5.68. The van der Waals surface area contributed by atoms with E-state index in [1.54, 1.807) is 6.20 Å². The molecule has 0 aliphatic rings. The molecule has 0 saturated heterocycles. The maximum atomic E-state index is 5.62. The second kappa shape index (κ2) is 5.29. The van der Waals surface area contributed by atoms with E-state index >= 15 is 0 Å². The third-order valence-corrected chi connectivity index (χ3v) is 3.33. The average Bonchev–Trinajstić information content (AvgIpc) is 2.25. The summed E-state index contributed by atoms with van der Waals surface area (Å²) in [6.45, 7) is 0. The molecule has 0 fully saturated rings. The largest absolute Gasteiger partial charge is 0.438 e. The lowest BCUT2D eigenvalue weighted by Gasteiger charge is -2.06. The number of benzene rings is 1. The Morgan fingerprint density at radius 3 is 2.25 bits per heavy atom. The molecule has 1 aromatic carbocycles. The molecule has 82 valence electrons. The van der Waals surface area contributed by atoms with E-state index in [-0.39, 0.29) is 0 Å². The van der Waals surface area contributed by atoms with Crippen LogP contribution in [0.15, 0.2) is 49.9 Å². The van der Waals surface area contributed by atoms with Crippen LogP contribution in [0.2, 0.25) is 0 Å². The standard InChI is InChI=1S/C11H6Br3NO/c12-7-1-3-9(4-2-7)16-11-10(14)5-8(13)6-15-11/h1-6H. The van der Waals surface area contributed by atoms with Gasteiger partial charge < -0.3 is 4.74 Å². The molecule has 2 rings (SSSR count). The van der Waals surface area contributed by atoms with E-state index in [1.807, 2.05) is 30.3 Å². The lowest BCUT2D eigenvalue weighted by atomic mass is 10.3. The Kier molecular flexibility index (Phi) is 4.00. The van der Waals surface area contributed by atoms with Gasteiger partial charge in [0.25, 0.3) is 0 Å². The van der Waals surface area contributed by atoms with E-state index in [2.05, 4.69) is 52.8 Å². The number of ether oxygens (including phenoxy) is 1. The van der Waals surface area contributed by atoms with Crippen LogP contribution < -0.4 is 4.74 Å². The normalized spacial score (nSPS) is 10.2. The van der Waals surface area contributed by atoms with Crippen LogP contribution in [-0.4, -0.2) is 4.98 Å². The van der Waals surface area contributed by atoms with Gasteiger partial charge in [-0.05, 0) is 62.2 Å². The summed E-state index contributed by atoms with van der Waals surface area (Å²) < 4.78 is 8.35. The van der Waals surface area contributed by atoms with Crippen LogP contribution in [0.1, 0.15) is 0 Å².